The van der Waals surface area contributed by atoms with E-state index < -0.39 is 6.04 Å². The minimum atomic E-state index is -0.391. The summed E-state index contributed by atoms with van der Waals surface area (Å²) < 4.78 is 10.4. The number of ether oxygens (including phenoxy) is 1. The Morgan fingerprint density at radius 2 is 2.21 bits per heavy atom. The average Bonchev–Trinajstić information content (AvgIpc) is 2.84. The van der Waals surface area contributed by atoms with Crippen molar-refractivity contribution in [2.45, 2.75) is 19.9 Å². The summed E-state index contributed by atoms with van der Waals surface area (Å²) in [4.78, 5) is 4.27. The van der Waals surface area contributed by atoms with Gasteiger partial charge in [-0.3, -0.25) is 0 Å². The fraction of sp³-hybridized carbons (Fsp3) is 0.385. The van der Waals surface area contributed by atoms with Gasteiger partial charge in [0.1, 0.15) is 0 Å². The lowest BCUT2D eigenvalue weighted by Gasteiger charge is -2.05. The third kappa shape index (κ3) is 3.53. The van der Waals surface area contributed by atoms with Crippen LogP contribution >= 0.6 is 11.6 Å². The minimum Gasteiger partial charge on any atom is -0.380 e. The predicted octanol–water partition coefficient (Wildman–Crippen LogP) is 2.73. The van der Waals surface area contributed by atoms with E-state index in [0.717, 1.165) is 11.1 Å². The fourth-order valence-corrected chi connectivity index (χ4v) is 1.97. The van der Waals surface area contributed by atoms with Gasteiger partial charge in [-0.05, 0) is 37.6 Å². The Bertz CT molecular complexity index is 536. The van der Waals surface area contributed by atoms with E-state index in [2.05, 4.69) is 10.1 Å². The summed E-state index contributed by atoms with van der Waals surface area (Å²) in [5, 5.41) is 4.50. The van der Waals surface area contributed by atoms with Gasteiger partial charge in [0, 0.05) is 17.2 Å². The van der Waals surface area contributed by atoms with Crippen LogP contribution in [0.3, 0.4) is 0 Å². The lowest BCUT2D eigenvalue weighted by atomic mass is 10.1. The van der Waals surface area contributed by atoms with Crippen molar-refractivity contribution in [3.63, 3.8) is 0 Å². The highest BCUT2D eigenvalue weighted by molar-refractivity contribution is 6.30. The van der Waals surface area contributed by atoms with Crippen LogP contribution in [0.5, 0.6) is 0 Å². The molecule has 2 rings (SSSR count). The maximum Gasteiger partial charge on any atom is 0.258 e. The van der Waals surface area contributed by atoms with Crippen molar-refractivity contribution in [1.82, 2.24) is 10.1 Å². The zero-order valence-electron chi connectivity index (χ0n) is 10.9. The van der Waals surface area contributed by atoms with Gasteiger partial charge in [0.25, 0.3) is 5.89 Å². The highest BCUT2D eigenvalue weighted by Crippen LogP contribution is 2.24. The maximum absolute atomic E-state index is 6.00. The molecule has 1 heterocycles. The highest BCUT2D eigenvalue weighted by Gasteiger charge is 2.15. The number of halogens is 1. The van der Waals surface area contributed by atoms with Crippen molar-refractivity contribution >= 4 is 11.6 Å². The molecule has 0 amide bonds. The molecule has 0 bridgehead atoms. The number of hydrogen-bond donors (Lipinski definition) is 1. The molecule has 1 aromatic carbocycles. The molecule has 6 heteroatoms. The molecule has 102 valence electrons. The monoisotopic (exact) mass is 281 g/mol. The molecule has 0 fully saturated rings. The first kappa shape index (κ1) is 14.0. The van der Waals surface area contributed by atoms with Crippen LogP contribution in [0.15, 0.2) is 22.7 Å². The highest BCUT2D eigenvalue weighted by atomic mass is 35.5. The summed E-state index contributed by atoms with van der Waals surface area (Å²) in [6.45, 7) is 4.83. The van der Waals surface area contributed by atoms with Gasteiger partial charge in [0.15, 0.2) is 5.82 Å². The zero-order valence-corrected chi connectivity index (χ0v) is 11.6. The van der Waals surface area contributed by atoms with Crippen LogP contribution in [-0.2, 0) is 4.74 Å². The van der Waals surface area contributed by atoms with E-state index in [1.54, 1.807) is 6.07 Å². The van der Waals surface area contributed by atoms with E-state index >= 15 is 0 Å². The van der Waals surface area contributed by atoms with Crippen molar-refractivity contribution < 1.29 is 9.26 Å². The molecule has 2 N–H and O–H groups in total. The summed E-state index contributed by atoms with van der Waals surface area (Å²) in [6.07, 6.45) is 0. The van der Waals surface area contributed by atoms with E-state index in [9.17, 15) is 0 Å². The predicted molar refractivity (Wildman–Crippen MR) is 72.9 cm³/mol. The van der Waals surface area contributed by atoms with Crippen LogP contribution in [0.25, 0.3) is 11.5 Å². The smallest absolute Gasteiger partial charge is 0.258 e. The van der Waals surface area contributed by atoms with Crippen LogP contribution in [0.4, 0.5) is 0 Å². The van der Waals surface area contributed by atoms with Gasteiger partial charge < -0.3 is 15.0 Å². The Balaban J connectivity index is 2.20. The fourth-order valence-electron chi connectivity index (χ4n) is 1.68. The van der Waals surface area contributed by atoms with Crippen molar-refractivity contribution in [3.8, 4) is 11.5 Å². The van der Waals surface area contributed by atoms with Gasteiger partial charge in [-0.25, -0.2) is 0 Å². The number of benzene rings is 1. The topological polar surface area (TPSA) is 74.2 Å². The van der Waals surface area contributed by atoms with Gasteiger partial charge in [0.05, 0.1) is 12.6 Å². The second kappa shape index (κ2) is 6.14. The summed E-state index contributed by atoms with van der Waals surface area (Å²) in [5.41, 5.74) is 7.71. The molecule has 0 saturated carbocycles. The molecule has 0 saturated heterocycles. The Kier molecular flexibility index (Phi) is 4.52. The van der Waals surface area contributed by atoms with Gasteiger partial charge in [-0.2, -0.15) is 4.98 Å². The number of aryl methyl sites for hydroxylation is 1. The van der Waals surface area contributed by atoms with Gasteiger partial charge >= 0.3 is 0 Å². The van der Waals surface area contributed by atoms with E-state index in [4.69, 9.17) is 26.6 Å². The Morgan fingerprint density at radius 1 is 1.42 bits per heavy atom. The molecule has 1 unspecified atom stereocenters. The first-order chi connectivity index (χ1) is 9.10. The minimum absolute atomic E-state index is 0.365. The number of nitrogens with zero attached hydrogens (tertiary/aromatic N) is 2. The van der Waals surface area contributed by atoms with E-state index in [-0.39, 0.29) is 0 Å². The van der Waals surface area contributed by atoms with Crippen molar-refractivity contribution in [1.29, 1.82) is 0 Å². The van der Waals surface area contributed by atoms with E-state index in [0.29, 0.717) is 30.0 Å². The Labute approximate surface area is 116 Å². The van der Waals surface area contributed by atoms with Crippen molar-refractivity contribution in [2.24, 2.45) is 5.73 Å². The molecule has 0 aliphatic carbocycles. The SMILES string of the molecule is CCOCC(N)c1noc(-c2cc(C)cc(Cl)c2)n1. The lowest BCUT2D eigenvalue weighted by molar-refractivity contribution is 0.130. The second-order valence-electron chi connectivity index (χ2n) is 4.24. The Hall–Kier alpha value is -1.43. The van der Waals surface area contributed by atoms with E-state index in [1.165, 1.54) is 0 Å². The second-order valence-corrected chi connectivity index (χ2v) is 4.68. The summed E-state index contributed by atoms with van der Waals surface area (Å²) in [7, 11) is 0. The molecule has 0 aliphatic rings. The van der Waals surface area contributed by atoms with Crippen LogP contribution in [0.2, 0.25) is 5.02 Å². The molecular weight excluding hydrogens is 266 g/mol. The normalized spacial score (nSPS) is 12.6. The van der Waals surface area contributed by atoms with Crippen LogP contribution in [-0.4, -0.2) is 23.4 Å². The average molecular weight is 282 g/mol. The third-order valence-electron chi connectivity index (χ3n) is 2.56. The first-order valence-electron chi connectivity index (χ1n) is 6.04. The summed E-state index contributed by atoms with van der Waals surface area (Å²) in [5.74, 6) is 0.841. The van der Waals surface area contributed by atoms with Crippen molar-refractivity contribution in [3.05, 3.63) is 34.6 Å². The molecule has 0 radical (unpaired) electrons. The summed E-state index contributed by atoms with van der Waals surface area (Å²) >= 11 is 6.00. The van der Waals surface area contributed by atoms with Crippen LogP contribution in [0.1, 0.15) is 24.4 Å². The lowest BCUT2D eigenvalue weighted by Crippen LogP contribution is -2.18. The molecule has 19 heavy (non-hydrogen) atoms. The van der Waals surface area contributed by atoms with Gasteiger partial charge in [0.2, 0.25) is 0 Å². The Morgan fingerprint density at radius 3 is 2.89 bits per heavy atom. The standard InChI is InChI=1S/C13H16ClN3O2/c1-3-18-7-11(15)12-16-13(19-17-12)9-4-8(2)5-10(14)6-9/h4-6,11H,3,7,15H2,1-2H3. The number of nitrogens with two attached hydrogens (primary N) is 1. The number of hydrogen-bond acceptors (Lipinski definition) is 5. The maximum atomic E-state index is 6.00. The van der Waals surface area contributed by atoms with Gasteiger partial charge in [-0.15, -0.1) is 0 Å². The number of aromatic nitrogens is 2. The zero-order chi connectivity index (χ0) is 13.8. The molecule has 1 atom stereocenters. The quantitative estimate of drug-likeness (QED) is 0.912. The van der Waals surface area contributed by atoms with Crippen molar-refractivity contribution in [2.75, 3.05) is 13.2 Å². The first-order valence-corrected chi connectivity index (χ1v) is 6.42. The molecular formula is C13H16ClN3O2. The van der Waals surface area contributed by atoms with Crippen LogP contribution < -0.4 is 5.73 Å². The van der Waals surface area contributed by atoms with Gasteiger partial charge in [-0.1, -0.05) is 16.8 Å². The molecule has 2 aromatic rings. The molecule has 0 spiro atoms. The third-order valence-corrected chi connectivity index (χ3v) is 2.78. The summed E-state index contributed by atoms with van der Waals surface area (Å²) in [6, 6.07) is 5.18. The molecule has 5 nitrogen and oxygen atoms in total. The van der Waals surface area contributed by atoms with Crippen LogP contribution in [0, 0.1) is 6.92 Å². The molecule has 1 aromatic heterocycles. The largest absolute Gasteiger partial charge is 0.380 e. The molecule has 0 aliphatic heterocycles. The van der Waals surface area contributed by atoms with E-state index in [1.807, 2.05) is 26.0 Å². The number of rotatable bonds is 5.